The summed E-state index contributed by atoms with van der Waals surface area (Å²) in [6, 6.07) is 5.24. The van der Waals surface area contributed by atoms with Gasteiger partial charge >= 0.3 is 0 Å². The zero-order chi connectivity index (χ0) is 21.6. The van der Waals surface area contributed by atoms with Gasteiger partial charge in [0.15, 0.2) is 16.8 Å². The molecule has 11 heteroatoms. The normalized spacial score (nSPS) is 21.9. The van der Waals surface area contributed by atoms with E-state index in [2.05, 4.69) is 4.98 Å². The number of benzene rings is 2. The Morgan fingerprint density at radius 1 is 1.30 bits per heavy atom. The number of ether oxygens (including phenoxy) is 1. The van der Waals surface area contributed by atoms with Gasteiger partial charge in [0, 0.05) is 18.1 Å². The van der Waals surface area contributed by atoms with E-state index >= 15 is 0 Å². The van der Waals surface area contributed by atoms with Crippen LogP contribution in [-0.4, -0.2) is 46.6 Å². The third kappa shape index (κ3) is 3.88. The lowest BCUT2D eigenvalue weighted by Crippen LogP contribution is -2.58. The molecule has 160 valence electrons. The second-order valence-electron chi connectivity index (χ2n) is 7.10. The highest BCUT2D eigenvalue weighted by Gasteiger charge is 2.42. The zero-order valence-corrected chi connectivity index (χ0v) is 17.7. The van der Waals surface area contributed by atoms with Crippen molar-refractivity contribution >= 4 is 55.6 Å². The van der Waals surface area contributed by atoms with Crippen molar-refractivity contribution in [2.45, 2.75) is 18.1 Å². The van der Waals surface area contributed by atoms with Gasteiger partial charge in [-0.05, 0) is 30.7 Å². The second kappa shape index (κ2) is 7.97. The van der Waals surface area contributed by atoms with Crippen LogP contribution in [0.5, 0.6) is 5.75 Å². The topological polar surface area (TPSA) is 91.8 Å². The Hall–Kier alpha value is -1.91. The fraction of sp³-hybridized carbons (Fsp3) is 0.316. The Labute approximate surface area is 184 Å². The summed E-state index contributed by atoms with van der Waals surface area (Å²) in [4.78, 5) is 5.49. The highest BCUT2D eigenvalue weighted by molar-refractivity contribution is 7.22. The standard InChI is InChI=1S/C19H17Cl2F2N3O3S/c20-9-5-11(22)16(12(23)6-9)26-4-3-19(28,14(27)7-26)8-29-13-2-1-10(21)15-17(13)30-18(24)25-15/h1-2,5-6,14,27-28H,3-4,7-8H2,(H2,24,25)/t14-,19-/m1/s1. The second-order valence-corrected chi connectivity index (χ2v) is 8.97. The quantitative estimate of drug-likeness (QED) is 0.530. The number of nitrogens with zero attached hydrogens (tertiary/aromatic N) is 2. The molecule has 0 unspecified atom stereocenters. The number of fused-ring (bicyclic) bond motifs is 1. The molecule has 0 aliphatic carbocycles. The first-order valence-corrected chi connectivity index (χ1v) is 10.5. The Balaban J connectivity index is 1.50. The van der Waals surface area contributed by atoms with Crippen molar-refractivity contribution in [1.29, 1.82) is 0 Å². The summed E-state index contributed by atoms with van der Waals surface area (Å²) in [5, 5.41) is 22.1. The number of nitrogen functional groups attached to an aromatic ring is 1. The number of hydrogen-bond acceptors (Lipinski definition) is 7. The molecule has 3 aromatic rings. The van der Waals surface area contributed by atoms with Gasteiger partial charge in [0.2, 0.25) is 0 Å². The number of aliphatic hydroxyl groups excluding tert-OH is 1. The molecule has 1 fully saturated rings. The summed E-state index contributed by atoms with van der Waals surface area (Å²) in [5.41, 5.74) is 4.34. The van der Waals surface area contributed by atoms with E-state index in [1.807, 2.05) is 0 Å². The number of rotatable bonds is 4. The first-order valence-electron chi connectivity index (χ1n) is 8.95. The SMILES string of the molecule is Nc1nc2c(Cl)ccc(OC[C@]3(O)CCN(c4c(F)cc(Cl)cc4F)C[C@H]3O)c2s1. The molecule has 0 radical (unpaired) electrons. The lowest BCUT2D eigenvalue weighted by atomic mass is 9.89. The van der Waals surface area contributed by atoms with Gasteiger partial charge in [-0.1, -0.05) is 34.5 Å². The molecule has 0 amide bonds. The number of halogens is 4. The van der Waals surface area contributed by atoms with Crippen molar-refractivity contribution in [3.8, 4) is 5.75 Å². The van der Waals surface area contributed by atoms with E-state index < -0.39 is 23.3 Å². The smallest absolute Gasteiger partial charge is 0.181 e. The van der Waals surface area contributed by atoms with Crippen molar-refractivity contribution in [2.24, 2.45) is 0 Å². The largest absolute Gasteiger partial charge is 0.489 e. The van der Waals surface area contributed by atoms with E-state index in [0.717, 1.165) is 12.1 Å². The van der Waals surface area contributed by atoms with Gasteiger partial charge in [-0.3, -0.25) is 0 Å². The maximum atomic E-state index is 14.2. The van der Waals surface area contributed by atoms with Crippen molar-refractivity contribution in [3.05, 3.63) is 45.9 Å². The van der Waals surface area contributed by atoms with E-state index in [4.69, 9.17) is 33.7 Å². The Morgan fingerprint density at radius 2 is 2.00 bits per heavy atom. The number of nitrogens with two attached hydrogens (primary N) is 1. The number of aromatic nitrogens is 1. The highest BCUT2D eigenvalue weighted by Crippen LogP contribution is 2.38. The maximum Gasteiger partial charge on any atom is 0.181 e. The molecule has 30 heavy (non-hydrogen) atoms. The zero-order valence-electron chi connectivity index (χ0n) is 15.4. The van der Waals surface area contributed by atoms with Crippen molar-refractivity contribution in [3.63, 3.8) is 0 Å². The van der Waals surface area contributed by atoms with Crippen molar-refractivity contribution < 1.29 is 23.7 Å². The fourth-order valence-electron chi connectivity index (χ4n) is 3.46. The van der Waals surface area contributed by atoms with Crippen LogP contribution in [0, 0.1) is 11.6 Å². The van der Waals surface area contributed by atoms with E-state index in [1.54, 1.807) is 12.1 Å². The highest BCUT2D eigenvalue weighted by atomic mass is 35.5. The summed E-state index contributed by atoms with van der Waals surface area (Å²) in [5.74, 6) is -1.25. The van der Waals surface area contributed by atoms with Crippen LogP contribution in [0.2, 0.25) is 10.0 Å². The van der Waals surface area contributed by atoms with Crippen molar-refractivity contribution in [2.75, 3.05) is 30.3 Å². The van der Waals surface area contributed by atoms with Gasteiger partial charge in [-0.15, -0.1) is 0 Å². The van der Waals surface area contributed by atoms with E-state index in [0.29, 0.717) is 26.1 Å². The minimum Gasteiger partial charge on any atom is -0.489 e. The number of aliphatic hydroxyl groups is 2. The first kappa shape index (κ1) is 21.3. The van der Waals surface area contributed by atoms with Gasteiger partial charge in [-0.25, -0.2) is 13.8 Å². The number of β-amino-alcohol motifs (C(OH)–C–C–N with tert-alkyl or cyclic N) is 1. The van der Waals surface area contributed by atoms with Crippen molar-refractivity contribution in [1.82, 2.24) is 4.98 Å². The number of piperidine rings is 1. The number of anilines is 2. The summed E-state index contributed by atoms with van der Waals surface area (Å²) in [6.45, 7) is -0.309. The molecule has 1 saturated heterocycles. The monoisotopic (exact) mass is 475 g/mol. The Bertz CT molecular complexity index is 1090. The molecule has 2 heterocycles. The fourth-order valence-corrected chi connectivity index (χ4v) is 4.73. The van der Waals surface area contributed by atoms with Crippen LogP contribution >= 0.6 is 34.5 Å². The molecule has 4 rings (SSSR count). The third-order valence-corrected chi connectivity index (χ3v) is 6.50. The molecule has 6 nitrogen and oxygen atoms in total. The molecule has 2 atom stereocenters. The Morgan fingerprint density at radius 3 is 2.67 bits per heavy atom. The van der Waals surface area contributed by atoms with Gasteiger partial charge in [-0.2, -0.15) is 0 Å². The summed E-state index contributed by atoms with van der Waals surface area (Å²) in [7, 11) is 0. The van der Waals surface area contributed by atoms with E-state index in [1.165, 1.54) is 16.2 Å². The molecular formula is C19H17Cl2F2N3O3S. The minimum atomic E-state index is -1.61. The number of hydrogen-bond donors (Lipinski definition) is 3. The van der Waals surface area contributed by atoms with Gasteiger partial charge in [0.1, 0.15) is 35.3 Å². The van der Waals surface area contributed by atoms with Crippen LogP contribution in [0.4, 0.5) is 19.6 Å². The van der Waals surface area contributed by atoms with Crippen LogP contribution in [0.25, 0.3) is 10.2 Å². The average Bonchev–Trinajstić information content (AvgIpc) is 3.06. The molecule has 1 aromatic heterocycles. The van der Waals surface area contributed by atoms with Gasteiger partial charge in [0.05, 0.1) is 9.72 Å². The summed E-state index contributed by atoms with van der Waals surface area (Å²) >= 11 is 13.0. The molecule has 0 spiro atoms. The lowest BCUT2D eigenvalue weighted by molar-refractivity contribution is -0.108. The van der Waals surface area contributed by atoms with Crippen LogP contribution < -0.4 is 15.4 Å². The minimum absolute atomic E-state index is 0.0250. The lowest BCUT2D eigenvalue weighted by Gasteiger charge is -2.42. The molecule has 4 N–H and O–H groups in total. The predicted molar refractivity (Wildman–Crippen MR) is 114 cm³/mol. The van der Waals surface area contributed by atoms with Crippen LogP contribution in [0.1, 0.15) is 6.42 Å². The molecule has 1 aliphatic heterocycles. The van der Waals surface area contributed by atoms with E-state index in [-0.39, 0.29) is 36.8 Å². The maximum absolute atomic E-state index is 14.2. The van der Waals surface area contributed by atoms with Crippen LogP contribution in [0.15, 0.2) is 24.3 Å². The number of thiazole rings is 1. The molecule has 2 aromatic carbocycles. The van der Waals surface area contributed by atoms with E-state index in [9.17, 15) is 19.0 Å². The van der Waals surface area contributed by atoms with Crippen LogP contribution in [-0.2, 0) is 0 Å². The average molecular weight is 476 g/mol. The predicted octanol–water partition coefficient (Wildman–Crippen LogP) is 3.84. The first-order chi connectivity index (χ1) is 14.2. The molecule has 0 bridgehead atoms. The summed E-state index contributed by atoms with van der Waals surface area (Å²) in [6.07, 6.45) is -1.29. The molecule has 1 aliphatic rings. The van der Waals surface area contributed by atoms with Gasteiger partial charge in [0.25, 0.3) is 0 Å². The molecule has 0 saturated carbocycles. The third-order valence-electron chi connectivity index (χ3n) is 5.08. The Kier molecular flexibility index (Phi) is 5.67. The van der Waals surface area contributed by atoms with Gasteiger partial charge < -0.3 is 25.6 Å². The van der Waals surface area contributed by atoms with Crippen LogP contribution in [0.3, 0.4) is 0 Å². The molecular weight excluding hydrogens is 459 g/mol. The summed E-state index contributed by atoms with van der Waals surface area (Å²) < 4.78 is 34.8.